The van der Waals surface area contributed by atoms with E-state index in [1.54, 1.807) is 0 Å². The first-order valence-corrected chi connectivity index (χ1v) is 26.2. The summed E-state index contributed by atoms with van der Waals surface area (Å²) in [6, 6.07) is 83.7. The minimum absolute atomic E-state index is 1.10. The number of hydrogen-bond acceptors (Lipinski definition) is 1. The minimum Gasteiger partial charge on any atom is -0.135 e. The molecule has 73 heavy (non-hydrogen) atoms. The summed E-state index contributed by atoms with van der Waals surface area (Å²) >= 11 is 1.89. The molecule has 3 aliphatic rings. The smallest absolute Gasteiger partial charge is 0.0355 e. The van der Waals surface area contributed by atoms with Crippen molar-refractivity contribution in [3.05, 3.63) is 236 Å². The fourth-order valence-electron chi connectivity index (χ4n) is 14.1. The molecule has 332 valence electrons. The van der Waals surface area contributed by atoms with Crippen molar-refractivity contribution in [3.63, 3.8) is 0 Å². The Morgan fingerprint density at radius 3 is 1.60 bits per heavy atom. The molecule has 0 bridgehead atoms. The molecule has 0 atom stereocenters. The molecule has 0 saturated carbocycles. The number of fused-ring (bicyclic) bond motifs is 21. The Bertz CT molecular complexity index is 5160. The third-order valence-electron chi connectivity index (χ3n) is 17.2. The normalized spacial score (nSPS) is 13.0. The first-order valence-electron chi connectivity index (χ1n) is 25.4. The molecule has 0 nitrogen and oxygen atoms in total. The van der Waals surface area contributed by atoms with Crippen LogP contribution in [0.25, 0.3) is 179 Å². The lowest BCUT2D eigenvalue weighted by Gasteiger charge is -2.23. The second-order valence-electron chi connectivity index (χ2n) is 20.6. The highest BCUT2D eigenvalue weighted by molar-refractivity contribution is 7.25. The lowest BCUT2D eigenvalue weighted by Crippen LogP contribution is -1.95. The summed E-state index contributed by atoms with van der Waals surface area (Å²) < 4.78 is 2.63. The van der Waals surface area contributed by atoms with Crippen LogP contribution in [-0.4, -0.2) is 0 Å². The van der Waals surface area contributed by atoms with Gasteiger partial charge in [0.1, 0.15) is 0 Å². The Balaban J connectivity index is 1.02. The standard InChI is InChI=1S/C72H38S/c1-38-44-14-6-7-17-48(44)58-35-42(25-27-45(38)58)66-56-30-29-49-54(28-24-41-32-59-60(37-57(41)49)53-21-10-19-51-46-15-4-2-12-39(46)33-62(59)68(51)53)70(56)67(43-26-31-65-61(36-43)50-18-8-9-23-64(50)73-65)71-55-22-11-20-52-47-16-5-3-13-40(47)34-63(69(52)55)72(66)71/h2-37H,1H2. The minimum atomic E-state index is 1.10. The van der Waals surface area contributed by atoms with Gasteiger partial charge in [0.2, 0.25) is 0 Å². The van der Waals surface area contributed by atoms with Crippen LogP contribution < -0.4 is 0 Å². The molecule has 15 aromatic rings. The molecule has 0 spiro atoms. The van der Waals surface area contributed by atoms with Gasteiger partial charge in [0.25, 0.3) is 0 Å². The molecule has 0 radical (unpaired) electrons. The topological polar surface area (TPSA) is 0 Å². The zero-order chi connectivity index (χ0) is 47.4. The average Bonchev–Trinajstić information content (AvgIpc) is 4.18. The van der Waals surface area contributed by atoms with Crippen molar-refractivity contribution in [3.8, 4) is 77.9 Å². The van der Waals surface area contributed by atoms with Gasteiger partial charge in [-0.1, -0.05) is 176 Å². The molecule has 18 rings (SSSR count). The molecule has 1 aromatic heterocycles. The Labute approximate surface area is 424 Å². The van der Waals surface area contributed by atoms with E-state index < -0.39 is 0 Å². The fourth-order valence-corrected chi connectivity index (χ4v) is 15.2. The third-order valence-corrected chi connectivity index (χ3v) is 18.3. The molecule has 1 heterocycles. The van der Waals surface area contributed by atoms with Gasteiger partial charge < -0.3 is 0 Å². The van der Waals surface area contributed by atoms with E-state index in [2.05, 4.69) is 225 Å². The molecular weight excluding hydrogens is 897 g/mol. The Morgan fingerprint density at radius 1 is 0.233 bits per heavy atom. The number of benzene rings is 14. The summed E-state index contributed by atoms with van der Waals surface area (Å²) in [5.74, 6) is 0. The Morgan fingerprint density at radius 2 is 0.767 bits per heavy atom. The lowest BCUT2D eigenvalue weighted by molar-refractivity contribution is 1.62. The van der Waals surface area contributed by atoms with Crippen LogP contribution in [0.4, 0.5) is 0 Å². The van der Waals surface area contributed by atoms with Gasteiger partial charge in [-0.25, -0.2) is 0 Å². The predicted octanol–water partition coefficient (Wildman–Crippen LogP) is 20.8. The van der Waals surface area contributed by atoms with Gasteiger partial charge >= 0.3 is 0 Å². The first-order chi connectivity index (χ1) is 36.1. The molecule has 1 heteroatoms. The Kier molecular flexibility index (Phi) is 7.20. The summed E-state index contributed by atoms with van der Waals surface area (Å²) in [6.45, 7) is 4.63. The summed E-state index contributed by atoms with van der Waals surface area (Å²) in [4.78, 5) is 0. The molecule has 0 aliphatic heterocycles. The number of rotatable bonds is 2. The zero-order valence-corrected chi connectivity index (χ0v) is 40.2. The number of hydrogen-bond donors (Lipinski definition) is 0. The monoisotopic (exact) mass is 934 g/mol. The average molecular weight is 935 g/mol. The van der Waals surface area contributed by atoms with Crippen LogP contribution in [0.1, 0.15) is 11.1 Å². The van der Waals surface area contributed by atoms with E-state index in [1.807, 2.05) is 11.3 Å². The van der Waals surface area contributed by atoms with Crippen molar-refractivity contribution in [1.29, 1.82) is 0 Å². The van der Waals surface area contributed by atoms with Gasteiger partial charge in [-0.2, -0.15) is 0 Å². The largest absolute Gasteiger partial charge is 0.135 e. The van der Waals surface area contributed by atoms with E-state index in [4.69, 9.17) is 0 Å². The molecule has 0 N–H and O–H groups in total. The maximum absolute atomic E-state index is 4.63. The van der Waals surface area contributed by atoms with E-state index >= 15 is 0 Å². The van der Waals surface area contributed by atoms with Crippen molar-refractivity contribution in [2.75, 3.05) is 0 Å². The number of thiophene rings is 1. The van der Waals surface area contributed by atoms with Crippen molar-refractivity contribution >= 4 is 112 Å². The summed E-state index contributed by atoms with van der Waals surface area (Å²) in [6.07, 6.45) is 0. The summed E-state index contributed by atoms with van der Waals surface area (Å²) in [5.41, 5.74) is 21.6. The molecule has 0 saturated heterocycles. The molecule has 0 unspecified atom stereocenters. The maximum Gasteiger partial charge on any atom is 0.0355 e. The summed E-state index contributed by atoms with van der Waals surface area (Å²) in [5, 5.41) is 20.7. The molecule has 3 aliphatic carbocycles. The van der Waals surface area contributed by atoms with Crippen LogP contribution in [0.3, 0.4) is 0 Å². The zero-order valence-electron chi connectivity index (χ0n) is 39.4. The van der Waals surface area contributed by atoms with Gasteiger partial charge in [0.15, 0.2) is 0 Å². The highest BCUT2D eigenvalue weighted by Crippen LogP contribution is 2.61. The van der Waals surface area contributed by atoms with Crippen LogP contribution in [0.15, 0.2) is 225 Å². The molecule has 14 aromatic carbocycles. The van der Waals surface area contributed by atoms with Crippen molar-refractivity contribution < 1.29 is 0 Å². The molecular formula is C72H38S. The second-order valence-corrected chi connectivity index (χ2v) is 21.7. The van der Waals surface area contributed by atoms with Crippen LogP contribution in [0, 0.1) is 0 Å². The fraction of sp³-hybridized carbons (Fsp3) is 0. The van der Waals surface area contributed by atoms with Gasteiger partial charge in [-0.3, -0.25) is 0 Å². The van der Waals surface area contributed by atoms with Crippen LogP contribution in [0.5, 0.6) is 0 Å². The quantitative estimate of drug-likeness (QED) is 0.152. The van der Waals surface area contributed by atoms with E-state index in [0.717, 1.165) is 5.57 Å². The van der Waals surface area contributed by atoms with E-state index in [0.29, 0.717) is 0 Å². The van der Waals surface area contributed by atoms with E-state index in [9.17, 15) is 0 Å². The first kappa shape index (κ1) is 38.6. The maximum atomic E-state index is 4.63. The van der Waals surface area contributed by atoms with Crippen LogP contribution >= 0.6 is 11.3 Å². The van der Waals surface area contributed by atoms with Crippen molar-refractivity contribution in [2.24, 2.45) is 0 Å². The molecule has 0 fully saturated rings. The van der Waals surface area contributed by atoms with Gasteiger partial charge in [0, 0.05) is 20.2 Å². The Hall–Kier alpha value is -9.14. The lowest BCUT2D eigenvalue weighted by atomic mass is 9.80. The highest BCUT2D eigenvalue weighted by Gasteiger charge is 2.34. The third kappa shape index (κ3) is 4.86. The second kappa shape index (κ2) is 13.6. The molecule has 0 amide bonds. The van der Waals surface area contributed by atoms with Gasteiger partial charge in [-0.05, 0) is 219 Å². The van der Waals surface area contributed by atoms with E-state index in [1.165, 1.54) is 185 Å². The van der Waals surface area contributed by atoms with Crippen LogP contribution in [-0.2, 0) is 0 Å². The van der Waals surface area contributed by atoms with Crippen LogP contribution in [0.2, 0.25) is 0 Å². The van der Waals surface area contributed by atoms with Gasteiger partial charge in [0.05, 0.1) is 0 Å². The highest BCUT2D eigenvalue weighted by atomic mass is 32.1. The van der Waals surface area contributed by atoms with Crippen molar-refractivity contribution in [2.45, 2.75) is 0 Å². The predicted molar refractivity (Wildman–Crippen MR) is 315 cm³/mol. The SMILES string of the molecule is C=C1c2ccccc2-c2cc(-c3c4c(c(-c5ccc6sc7ccccc7c6c5)c5c3ccc3c6cc7c(cc6ccc35)-c3cc5ccccc5c5cccc-7c35)-c3cccc5c3c-4cc3ccccc35)ccc21. The van der Waals surface area contributed by atoms with Gasteiger partial charge in [-0.15, -0.1) is 11.3 Å². The van der Waals surface area contributed by atoms with Crippen molar-refractivity contribution in [1.82, 2.24) is 0 Å². The summed E-state index contributed by atoms with van der Waals surface area (Å²) in [7, 11) is 0. The van der Waals surface area contributed by atoms with E-state index in [-0.39, 0.29) is 0 Å².